The Morgan fingerprint density at radius 2 is 1.60 bits per heavy atom. The topological polar surface area (TPSA) is 84.9 Å². The number of amides is 1. The zero-order valence-corrected chi connectivity index (χ0v) is 15.9. The number of para-hydroxylation sites is 1. The number of anilines is 1. The molecule has 0 fully saturated rings. The van der Waals surface area contributed by atoms with Crippen LogP contribution in [0.5, 0.6) is 11.5 Å². The monoisotopic (exact) mass is 401 g/mol. The van der Waals surface area contributed by atoms with E-state index in [9.17, 15) is 14.7 Å². The number of aliphatic hydroxyl groups excluding tert-OH is 1. The molecule has 2 N–H and O–H groups in total. The van der Waals surface area contributed by atoms with Crippen molar-refractivity contribution in [3.63, 3.8) is 0 Å². The van der Waals surface area contributed by atoms with Crippen LogP contribution in [0.15, 0.2) is 96.3 Å². The molecule has 0 saturated carbocycles. The van der Waals surface area contributed by atoms with Crippen LogP contribution >= 0.6 is 0 Å². The van der Waals surface area contributed by atoms with Crippen molar-refractivity contribution in [3.8, 4) is 11.5 Å². The van der Waals surface area contributed by atoms with E-state index >= 15 is 0 Å². The zero-order chi connectivity index (χ0) is 20.9. The molecular weight excluding hydrogens is 382 g/mol. The highest BCUT2D eigenvalue weighted by atomic mass is 16.5. The van der Waals surface area contributed by atoms with Crippen LogP contribution in [0, 0.1) is 0 Å². The molecule has 1 atom stereocenters. The summed E-state index contributed by atoms with van der Waals surface area (Å²) in [5.41, 5.74) is 0.783. The highest BCUT2D eigenvalue weighted by molar-refractivity contribution is 6.21. The first-order chi connectivity index (χ1) is 14.6. The Balaban J connectivity index is 1.48. The summed E-state index contributed by atoms with van der Waals surface area (Å²) < 4.78 is 11.1. The summed E-state index contributed by atoms with van der Waals surface area (Å²) in [6.07, 6.45) is -0.590. The smallest absolute Gasteiger partial charge is 0.347 e. The minimum Gasteiger partial charge on any atom is -0.511 e. The van der Waals surface area contributed by atoms with Gasteiger partial charge in [-0.05, 0) is 29.8 Å². The molecule has 1 amide bonds. The number of esters is 1. The predicted octanol–water partition coefficient (Wildman–Crippen LogP) is 4.92. The summed E-state index contributed by atoms with van der Waals surface area (Å²) in [4.78, 5) is 25.0. The highest BCUT2D eigenvalue weighted by Crippen LogP contribution is 2.32. The SMILES string of the molecule is O=C(Nc1cccc(Oc2ccccc2)c1)C1=C(O)CC(c2ccccc2)OC1=O. The molecule has 0 radical (unpaired) electrons. The van der Waals surface area contributed by atoms with E-state index in [0.29, 0.717) is 17.2 Å². The van der Waals surface area contributed by atoms with Crippen LogP contribution < -0.4 is 10.1 Å². The van der Waals surface area contributed by atoms with Gasteiger partial charge in [-0.1, -0.05) is 54.6 Å². The molecule has 0 aromatic heterocycles. The lowest BCUT2D eigenvalue weighted by Crippen LogP contribution is -2.29. The van der Waals surface area contributed by atoms with Crippen LogP contribution in [0.2, 0.25) is 0 Å². The van der Waals surface area contributed by atoms with E-state index in [1.807, 2.05) is 48.5 Å². The number of hydrogen-bond donors (Lipinski definition) is 2. The van der Waals surface area contributed by atoms with E-state index in [0.717, 1.165) is 5.56 Å². The van der Waals surface area contributed by atoms with Crippen LogP contribution in [0.3, 0.4) is 0 Å². The molecule has 3 aromatic carbocycles. The fraction of sp³-hybridized carbons (Fsp3) is 0.0833. The normalized spacial score (nSPS) is 16.0. The van der Waals surface area contributed by atoms with Gasteiger partial charge < -0.3 is 19.9 Å². The molecule has 0 aliphatic carbocycles. The number of hydrogen-bond acceptors (Lipinski definition) is 5. The van der Waals surface area contributed by atoms with Gasteiger partial charge in [-0.15, -0.1) is 0 Å². The van der Waals surface area contributed by atoms with Crippen molar-refractivity contribution in [2.75, 3.05) is 5.32 Å². The van der Waals surface area contributed by atoms with Gasteiger partial charge >= 0.3 is 5.97 Å². The Kier molecular flexibility index (Phi) is 5.48. The van der Waals surface area contributed by atoms with Gasteiger partial charge in [0.25, 0.3) is 5.91 Å². The minimum absolute atomic E-state index is 0.0374. The second kappa shape index (κ2) is 8.53. The number of rotatable bonds is 5. The number of cyclic esters (lactones) is 1. The maximum atomic E-state index is 12.6. The van der Waals surface area contributed by atoms with Gasteiger partial charge in [0.1, 0.15) is 23.4 Å². The standard InChI is InChI=1S/C24H19NO5/c26-20-15-21(16-8-3-1-4-9-16)30-24(28)22(20)23(27)25-17-10-7-13-19(14-17)29-18-11-5-2-6-12-18/h1-14,21,26H,15H2,(H,25,27). The number of ether oxygens (including phenoxy) is 2. The highest BCUT2D eigenvalue weighted by Gasteiger charge is 2.34. The van der Waals surface area contributed by atoms with Gasteiger partial charge in [0, 0.05) is 18.2 Å². The Labute approximate surface area is 173 Å². The molecule has 30 heavy (non-hydrogen) atoms. The summed E-state index contributed by atoms with van der Waals surface area (Å²) in [5.74, 6) is -0.714. The Morgan fingerprint density at radius 3 is 2.30 bits per heavy atom. The number of aliphatic hydroxyl groups is 1. The second-order valence-corrected chi connectivity index (χ2v) is 6.73. The quantitative estimate of drug-likeness (QED) is 0.468. The van der Waals surface area contributed by atoms with Crippen molar-refractivity contribution in [2.45, 2.75) is 12.5 Å². The average molecular weight is 401 g/mol. The summed E-state index contributed by atoms with van der Waals surface area (Å²) in [6.45, 7) is 0. The van der Waals surface area contributed by atoms with Gasteiger partial charge in [-0.25, -0.2) is 4.79 Å². The van der Waals surface area contributed by atoms with Crippen molar-refractivity contribution in [1.82, 2.24) is 0 Å². The Hall–Kier alpha value is -4.06. The van der Waals surface area contributed by atoms with E-state index in [4.69, 9.17) is 9.47 Å². The fourth-order valence-corrected chi connectivity index (χ4v) is 3.16. The van der Waals surface area contributed by atoms with E-state index in [1.54, 1.807) is 36.4 Å². The van der Waals surface area contributed by atoms with Crippen LogP contribution in [-0.4, -0.2) is 17.0 Å². The first kappa shape index (κ1) is 19.3. The second-order valence-electron chi connectivity index (χ2n) is 6.73. The summed E-state index contributed by atoms with van der Waals surface area (Å²) >= 11 is 0. The lowest BCUT2D eigenvalue weighted by atomic mass is 10.00. The molecule has 1 aliphatic heterocycles. The van der Waals surface area contributed by atoms with E-state index in [2.05, 4.69) is 5.32 Å². The molecule has 0 bridgehead atoms. The van der Waals surface area contributed by atoms with Crippen molar-refractivity contribution in [1.29, 1.82) is 0 Å². The molecule has 1 aliphatic rings. The molecule has 6 heteroatoms. The van der Waals surface area contributed by atoms with Crippen LogP contribution in [0.1, 0.15) is 18.1 Å². The average Bonchev–Trinajstić information content (AvgIpc) is 2.75. The molecule has 3 aromatic rings. The first-order valence-electron chi connectivity index (χ1n) is 9.42. The molecule has 150 valence electrons. The van der Waals surface area contributed by atoms with E-state index in [1.165, 1.54) is 0 Å². The van der Waals surface area contributed by atoms with Crippen LogP contribution in [0.4, 0.5) is 5.69 Å². The molecule has 1 heterocycles. The lowest BCUT2D eigenvalue weighted by Gasteiger charge is -2.24. The maximum absolute atomic E-state index is 12.6. The van der Waals surface area contributed by atoms with Gasteiger partial charge in [-0.2, -0.15) is 0 Å². The Bertz CT molecular complexity index is 1090. The minimum atomic E-state index is -0.859. The lowest BCUT2D eigenvalue weighted by molar-refractivity contribution is -0.148. The maximum Gasteiger partial charge on any atom is 0.347 e. The van der Waals surface area contributed by atoms with Gasteiger partial charge in [-0.3, -0.25) is 4.79 Å². The number of carbonyl (C=O) groups is 2. The Morgan fingerprint density at radius 1 is 0.933 bits per heavy atom. The van der Waals surface area contributed by atoms with Gasteiger partial charge in [0.15, 0.2) is 5.57 Å². The first-order valence-corrected chi connectivity index (χ1v) is 9.42. The number of carbonyl (C=O) groups excluding carboxylic acids is 2. The van der Waals surface area contributed by atoms with Crippen molar-refractivity contribution in [2.24, 2.45) is 0 Å². The number of benzene rings is 3. The third-order valence-electron chi connectivity index (χ3n) is 4.59. The van der Waals surface area contributed by atoms with Crippen molar-refractivity contribution >= 4 is 17.6 Å². The van der Waals surface area contributed by atoms with Gasteiger partial charge in [0.05, 0.1) is 0 Å². The number of nitrogens with one attached hydrogen (secondary N) is 1. The van der Waals surface area contributed by atoms with Gasteiger partial charge in [0.2, 0.25) is 0 Å². The van der Waals surface area contributed by atoms with E-state index in [-0.39, 0.29) is 12.2 Å². The molecule has 0 saturated heterocycles. The third kappa shape index (κ3) is 4.33. The largest absolute Gasteiger partial charge is 0.511 e. The molecular formula is C24H19NO5. The summed E-state index contributed by atoms with van der Waals surface area (Å²) in [7, 11) is 0. The third-order valence-corrected chi connectivity index (χ3v) is 4.59. The van der Waals surface area contributed by atoms with Crippen molar-refractivity contribution < 1.29 is 24.2 Å². The molecule has 1 unspecified atom stereocenters. The van der Waals surface area contributed by atoms with Crippen LogP contribution in [-0.2, 0) is 14.3 Å². The van der Waals surface area contributed by atoms with Crippen LogP contribution in [0.25, 0.3) is 0 Å². The van der Waals surface area contributed by atoms with E-state index < -0.39 is 23.6 Å². The summed E-state index contributed by atoms with van der Waals surface area (Å²) in [5, 5.41) is 13.0. The fourth-order valence-electron chi connectivity index (χ4n) is 3.16. The van der Waals surface area contributed by atoms with Crippen molar-refractivity contribution in [3.05, 3.63) is 102 Å². The predicted molar refractivity (Wildman–Crippen MR) is 111 cm³/mol. The molecule has 0 spiro atoms. The zero-order valence-electron chi connectivity index (χ0n) is 15.9. The molecule has 6 nitrogen and oxygen atoms in total. The molecule has 4 rings (SSSR count). The summed E-state index contributed by atoms with van der Waals surface area (Å²) in [6, 6.07) is 25.1.